The molecule has 0 aliphatic carbocycles. The first-order chi connectivity index (χ1) is 7.05. The van der Waals surface area contributed by atoms with E-state index in [-0.39, 0.29) is 13.0 Å². The van der Waals surface area contributed by atoms with Crippen molar-refractivity contribution in [1.29, 1.82) is 0 Å². The van der Waals surface area contributed by atoms with Crippen molar-refractivity contribution < 1.29 is 13.3 Å². The van der Waals surface area contributed by atoms with Crippen LogP contribution in [-0.2, 0) is 6.54 Å². The third kappa shape index (κ3) is 2.98. The smallest absolute Gasteiger partial charge is 0.260 e. The van der Waals surface area contributed by atoms with Crippen molar-refractivity contribution in [3.63, 3.8) is 0 Å². The highest BCUT2D eigenvalue weighted by Gasteiger charge is 2.35. The van der Waals surface area contributed by atoms with Crippen LogP contribution < -0.4 is 0 Å². The number of alkyl halides is 2. The molecule has 0 bridgehead atoms. The number of piperidine rings is 1. The zero-order valence-electron chi connectivity index (χ0n) is 8.05. The predicted octanol–water partition coefficient (Wildman–Crippen LogP) is 2.67. The van der Waals surface area contributed by atoms with Gasteiger partial charge >= 0.3 is 0 Å². The predicted molar refractivity (Wildman–Crippen MR) is 53.7 cm³/mol. The molecule has 2 rings (SSSR count). The van der Waals surface area contributed by atoms with Crippen LogP contribution in [0, 0.1) is 0 Å². The first kappa shape index (κ1) is 11.0. The molecule has 15 heavy (non-hydrogen) atoms. The molecule has 1 aliphatic rings. The molecular weight excluding hydrogens is 270 g/mol. The molecule has 0 N–H and O–H groups in total. The molecule has 0 radical (unpaired) electrons. The molecule has 2 heterocycles. The molecule has 0 unspecified atom stereocenters. The SMILES string of the molecule is FC1(F)CCCN(Cc2cc(Br)no2)C1. The third-order valence-electron chi connectivity index (χ3n) is 2.38. The summed E-state index contributed by atoms with van der Waals surface area (Å²) in [6.07, 6.45) is 0.520. The second-order valence-corrected chi connectivity index (χ2v) is 4.60. The number of rotatable bonds is 2. The monoisotopic (exact) mass is 280 g/mol. The van der Waals surface area contributed by atoms with Gasteiger partial charge in [0.15, 0.2) is 5.76 Å². The Bertz CT molecular complexity index is 343. The van der Waals surface area contributed by atoms with Crippen LogP contribution in [0.4, 0.5) is 8.78 Å². The van der Waals surface area contributed by atoms with Crippen molar-refractivity contribution in [2.75, 3.05) is 13.1 Å². The van der Waals surface area contributed by atoms with Gasteiger partial charge in [-0.15, -0.1) is 0 Å². The topological polar surface area (TPSA) is 29.3 Å². The maximum Gasteiger partial charge on any atom is 0.260 e. The Balaban J connectivity index is 1.95. The lowest BCUT2D eigenvalue weighted by Gasteiger charge is -2.31. The van der Waals surface area contributed by atoms with Crippen LogP contribution >= 0.6 is 15.9 Å². The average molecular weight is 281 g/mol. The Labute approximate surface area is 94.5 Å². The summed E-state index contributed by atoms with van der Waals surface area (Å²) in [5.74, 6) is -1.95. The van der Waals surface area contributed by atoms with Gasteiger partial charge in [0, 0.05) is 12.5 Å². The van der Waals surface area contributed by atoms with E-state index in [0.29, 0.717) is 29.9 Å². The van der Waals surface area contributed by atoms with Crippen LogP contribution in [0.15, 0.2) is 15.2 Å². The van der Waals surface area contributed by atoms with Gasteiger partial charge in [0.05, 0.1) is 13.1 Å². The Morgan fingerprint density at radius 3 is 3.00 bits per heavy atom. The van der Waals surface area contributed by atoms with Crippen LogP contribution in [0.1, 0.15) is 18.6 Å². The summed E-state index contributed by atoms with van der Waals surface area (Å²) in [6, 6.07) is 1.70. The Kier molecular flexibility index (Phi) is 3.06. The first-order valence-electron chi connectivity index (χ1n) is 4.76. The second kappa shape index (κ2) is 4.17. The largest absolute Gasteiger partial charge is 0.359 e. The fourth-order valence-electron chi connectivity index (χ4n) is 1.76. The zero-order valence-corrected chi connectivity index (χ0v) is 9.64. The zero-order chi connectivity index (χ0) is 10.9. The number of nitrogens with zero attached hydrogens (tertiary/aromatic N) is 2. The third-order valence-corrected chi connectivity index (χ3v) is 2.76. The van der Waals surface area contributed by atoms with Gasteiger partial charge in [0.2, 0.25) is 0 Å². The molecule has 6 heteroatoms. The molecule has 0 aromatic carbocycles. The molecule has 1 fully saturated rings. The normalized spacial score (nSPS) is 21.8. The average Bonchev–Trinajstić information content (AvgIpc) is 2.49. The minimum atomic E-state index is -2.56. The minimum absolute atomic E-state index is 0.0103. The van der Waals surface area contributed by atoms with E-state index in [2.05, 4.69) is 21.1 Å². The van der Waals surface area contributed by atoms with E-state index in [1.807, 2.05) is 0 Å². The maximum absolute atomic E-state index is 13.1. The van der Waals surface area contributed by atoms with Crippen molar-refractivity contribution in [3.8, 4) is 0 Å². The lowest BCUT2D eigenvalue weighted by Crippen LogP contribution is -2.41. The Hall–Kier alpha value is -0.490. The van der Waals surface area contributed by atoms with E-state index in [1.54, 1.807) is 11.0 Å². The molecule has 0 saturated carbocycles. The van der Waals surface area contributed by atoms with Crippen LogP contribution in [0.3, 0.4) is 0 Å². The van der Waals surface area contributed by atoms with Crippen molar-refractivity contribution >= 4 is 15.9 Å². The lowest BCUT2D eigenvalue weighted by atomic mass is 10.1. The van der Waals surface area contributed by atoms with Crippen LogP contribution in [0.5, 0.6) is 0 Å². The van der Waals surface area contributed by atoms with Crippen molar-refractivity contribution in [2.24, 2.45) is 0 Å². The van der Waals surface area contributed by atoms with Gasteiger partial charge in [-0.1, -0.05) is 5.16 Å². The Morgan fingerprint density at radius 1 is 1.60 bits per heavy atom. The van der Waals surface area contributed by atoms with E-state index < -0.39 is 5.92 Å². The number of aromatic nitrogens is 1. The fourth-order valence-corrected chi connectivity index (χ4v) is 2.09. The minimum Gasteiger partial charge on any atom is -0.359 e. The Morgan fingerprint density at radius 2 is 2.40 bits per heavy atom. The quantitative estimate of drug-likeness (QED) is 0.834. The summed E-state index contributed by atoms with van der Waals surface area (Å²) < 4.78 is 31.7. The van der Waals surface area contributed by atoms with Crippen molar-refractivity contribution in [3.05, 3.63) is 16.4 Å². The summed E-state index contributed by atoms with van der Waals surface area (Å²) in [5.41, 5.74) is 0. The summed E-state index contributed by atoms with van der Waals surface area (Å²) in [4.78, 5) is 1.69. The van der Waals surface area contributed by atoms with Crippen molar-refractivity contribution in [1.82, 2.24) is 10.1 Å². The summed E-state index contributed by atoms with van der Waals surface area (Å²) >= 11 is 3.15. The standard InChI is InChI=1S/C9H11BrF2N2O/c10-8-4-7(15-13-8)5-14-3-1-2-9(11,12)6-14/h4H,1-3,5-6H2. The molecule has 1 aliphatic heterocycles. The summed E-state index contributed by atoms with van der Waals surface area (Å²) in [5, 5.41) is 3.65. The molecule has 1 aromatic rings. The first-order valence-corrected chi connectivity index (χ1v) is 5.56. The molecule has 84 valence electrons. The maximum atomic E-state index is 13.1. The molecule has 0 amide bonds. The molecule has 0 spiro atoms. The van der Waals surface area contributed by atoms with Gasteiger partial charge < -0.3 is 4.52 Å². The van der Waals surface area contributed by atoms with Crippen molar-refractivity contribution in [2.45, 2.75) is 25.3 Å². The highest BCUT2D eigenvalue weighted by atomic mass is 79.9. The van der Waals surface area contributed by atoms with E-state index >= 15 is 0 Å². The molecule has 3 nitrogen and oxygen atoms in total. The van der Waals surface area contributed by atoms with Crippen LogP contribution in [0.2, 0.25) is 0 Å². The van der Waals surface area contributed by atoms with Crippen LogP contribution in [-0.4, -0.2) is 29.1 Å². The van der Waals surface area contributed by atoms with Gasteiger partial charge in [-0.05, 0) is 28.9 Å². The number of hydrogen-bond donors (Lipinski definition) is 0. The van der Waals surface area contributed by atoms with E-state index in [4.69, 9.17) is 4.52 Å². The lowest BCUT2D eigenvalue weighted by molar-refractivity contribution is -0.0675. The number of hydrogen-bond acceptors (Lipinski definition) is 3. The van der Waals surface area contributed by atoms with E-state index in [0.717, 1.165) is 0 Å². The van der Waals surface area contributed by atoms with Crippen LogP contribution in [0.25, 0.3) is 0 Å². The van der Waals surface area contributed by atoms with Gasteiger partial charge in [-0.25, -0.2) is 8.78 Å². The van der Waals surface area contributed by atoms with Gasteiger partial charge in [0.25, 0.3) is 5.92 Å². The van der Waals surface area contributed by atoms with Gasteiger partial charge in [-0.3, -0.25) is 4.90 Å². The van der Waals surface area contributed by atoms with E-state index in [1.165, 1.54) is 0 Å². The molecular formula is C9H11BrF2N2O. The second-order valence-electron chi connectivity index (χ2n) is 3.79. The summed E-state index contributed by atoms with van der Waals surface area (Å²) in [6.45, 7) is 0.896. The van der Waals surface area contributed by atoms with Gasteiger partial charge in [0.1, 0.15) is 4.60 Å². The highest BCUT2D eigenvalue weighted by molar-refractivity contribution is 9.10. The number of halogens is 3. The molecule has 0 atom stereocenters. The van der Waals surface area contributed by atoms with E-state index in [9.17, 15) is 8.78 Å². The fraction of sp³-hybridized carbons (Fsp3) is 0.667. The molecule has 1 aromatic heterocycles. The number of likely N-dealkylation sites (tertiary alicyclic amines) is 1. The summed E-state index contributed by atoms with van der Waals surface area (Å²) in [7, 11) is 0. The van der Waals surface area contributed by atoms with Gasteiger partial charge in [-0.2, -0.15) is 0 Å². The highest BCUT2D eigenvalue weighted by Crippen LogP contribution is 2.27. The molecule has 1 saturated heterocycles.